The van der Waals surface area contributed by atoms with Crippen molar-refractivity contribution in [2.45, 2.75) is 43.8 Å². The van der Waals surface area contributed by atoms with Gasteiger partial charge in [0.1, 0.15) is 24.5 Å². The van der Waals surface area contributed by atoms with Crippen LogP contribution in [0.2, 0.25) is 0 Å². The quantitative estimate of drug-likeness (QED) is 0.384. The van der Waals surface area contributed by atoms with Crippen LogP contribution in [-0.4, -0.2) is 48.2 Å². The van der Waals surface area contributed by atoms with E-state index in [1.54, 1.807) is 5.22 Å². The number of hydrogen-bond acceptors (Lipinski definition) is 5. The fourth-order valence-corrected chi connectivity index (χ4v) is 2.99. The van der Waals surface area contributed by atoms with Gasteiger partial charge in [-0.3, -0.25) is 10.2 Å². The zero-order chi connectivity index (χ0) is 17.1. The van der Waals surface area contributed by atoms with E-state index in [-0.39, 0.29) is 12.5 Å². The largest absolute Gasteiger partial charge is 0.388 e. The van der Waals surface area contributed by atoms with Crippen molar-refractivity contribution in [3.05, 3.63) is 41.4 Å². The maximum Gasteiger partial charge on any atom is 0.217 e. The van der Waals surface area contributed by atoms with Gasteiger partial charge in [0.2, 0.25) is 5.91 Å². The summed E-state index contributed by atoms with van der Waals surface area (Å²) in [6.07, 6.45) is -3.75. The van der Waals surface area contributed by atoms with Gasteiger partial charge < -0.3 is 24.6 Å². The molecule has 0 spiro atoms. The molecule has 2 aliphatic heterocycles. The number of hydrogen-bond donors (Lipinski definition) is 4. The Bertz CT molecular complexity index is 586. The highest BCUT2D eigenvalue weighted by Gasteiger charge is 2.49. The minimum absolute atomic E-state index is 0.206. The summed E-state index contributed by atoms with van der Waals surface area (Å²) in [6, 6.07) is 8.55. The smallest absolute Gasteiger partial charge is 0.217 e. The second kappa shape index (κ2) is 7.22. The van der Waals surface area contributed by atoms with Crippen LogP contribution < -0.4 is 16.0 Å². The minimum atomic E-state index is -1.05. The number of ether oxygens (including phenoxy) is 3. The van der Waals surface area contributed by atoms with E-state index in [1.165, 1.54) is 6.92 Å². The third-order valence-corrected chi connectivity index (χ3v) is 4.06. The summed E-state index contributed by atoms with van der Waals surface area (Å²) in [7, 11) is 0. The normalized spacial score (nSPS) is 35.6. The Morgan fingerprint density at radius 1 is 1.33 bits per heavy atom. The molecule has 9 nitrogen and oxygen atoms in total. The van der Waals surface area contributed by atoms with E-state index in [4.69, 9.17) is 19.7 Å². The molecule has 2 aliphatic rings. The number of nitrogens with one attached hydrogen (secondary N) is 3. The van der Waals surface area contributed by atoms with Crippen molar-refractivity contribution < 1.29 is 29.3 Å². The second-order valence-corrected chi connectivity index (χ2v) is 5.74. The highest BCUT2D eigenvalue weighted by atomic mass is 16.7. The number of aliphatic hydroxyl groups is 1. The fourth-order valence-electron chi connectivity index (χ4n) is 2.99. The molecule has 2 fully saturated rings. The van der Waals surface area contributed by atoms with Crippen molar-refractivity contribution in [2.24, 2.45) is 0 Å². The topological polar surface area (TPSA) is 125 Å². The Hall–Kier alpha value is -2.07. The van der Waals surface area contributed by atoms with E-state index in [1.807, 2.05) is 30.3 Å². The molecule has 6 atom stereocenters. The van der Waals surface area contributed by atoms with Crippen molar-refractivity contribution in [1.29, 1.82) is 0 Å². The van der Waals surface area contributed by atoms with Gasteiger partial charge in [0.25, 0.3) is 0 Å². The predicted octanol–water partition coefficient (Wildman–Crippen LogP) is -1.70. The number of benzene rings is 1. The first-order valence-electron chi connectivity index (χ1n) is 7.67. The molecule has 0 unspecified atom stereocenters. The zero-order valence-corrected chi connectivity index (χ0v) is 13.1. The molecule has 1 aromatic rings. The van der Waals surface area contributed by atoms with Crippen LogP contribution in [-0.2, 0) is 19.0 Å². The lowest BCUT2D eigenvalue weighted by Crippen LogP contribution is -2.84. The number of carbonyl (C=O) groups is 1. The van der Waals surface area contributed by atoms with E-state index in [2.05, 4.69) is 10.7 Å². The summed E-state index contributed by atoms with van der Waals surface area (Å²) < 4.78 is 17.3. The zero-order valence-electron chi connectivity index (χ0n) is 13.1. The molecule has 24 heavy (non-hydrogen) atoms. The standard InChI is InChI=1S/C15H20N4O5/c1-8(20)17-11-12(21)13-10(23-14(11)18-19-16)7-22-15(24-13)9-5-3-2-4-6-9/h2-6,10-15,19,21H,7H2,1H3,(H2-,16,17,18,20)/t10-,11+,12-,13+,14-,15-/m1/s1. The van der Waals surface area contributed by atoms with Crippen molar-refractivity contribution in [2.75, 3.05) is 6.61 Å². The van der Waals surface area contributed by atoms with Crippen molar-refractivity contribution in [3.63, 3.8) is 0 Å². The van der Waals surface area contributed by atoms with E-state index < -0.39 is 36.9 Å². The van der Waals surface area contributed by atoms with E-state index >= 15 is 0 Å². The SMILES string of the molecule is CC(=O)N[C@H]1[C@@H](O)[C@H]2O[C@H](c3ccccc3)OC[C@H]2O[C@H]1N[NH+]=[N-]. The van der Waals surface area contributed by atoms with Crippen molar-refractivity contribution in [1.82, 2.24) is 10.7 Å². The predicted molar refractivity (Wildman–Crippen MR) is 79.7 cm³/mol. The third-order valence-electron chi connectivity index (χ3n) is 4.06. The van der Waals surface area contributed by atoms with Gasteiger partial charge in [0, 0.05) is 12.5 Å². The van der Waals surface area contributed by atoms with Gasteiger partial charge in [-0.15, -0.1) is 0 Å². The molecular formula is C15H20N4O5. The molecular weight excluding hydrogens is 316 g/mol. The van der Waals surface area contributed by atoms with Crippen LogP contribution in [0.3, 0.4) is 0 Å². The van der Waals surface area contributed by atoms with Gasteiger partial charge in [0.15, 0.2) is 6.29 Å². The molecule has 9 heteroatoms. The molecule has 2 heterocycles. The maximum atomic E-state index is 11.4. The minimum Gasteiger partial charge on any atom is -0.388 e. The summed E-state index contributed by atoms with van der Waals surface area (Å²) in [6.45, 7) is 1.54. The highest BCUT2D eigenvalue weighted by Crippen LogP contribution is 2.33. The van der Waals surface area contributed by atoms with Crippen LogP contribution in [0.5, 0.6) is 0 Å². The van der Waals surface area contributed by atoms with Crippen LogP contribution in [0, 0.1) is 0 Å². The molecule has 0 saturated carbocycles. The Kier molecular flexibility index (Phi) is 5.05. The van der Waals surface area contributed by atoms with Crippen LogP contribution in [0.15, 0.2) is 30.3 Å². The third kappa shape index (κ3) is 3.39. The number of carbonyl (C=O) groups excluding carboxylic acids is 1. The van der Waals surface area contributed by atoms with Crippen LogP contribution in [0.25, 0.3) is 5.53 Å². The summed E-state index contributed by atoms with van der Waals surface area (Å²) in [5.74, 6) is -0.336. The molecule has 4 N–H and O–H groups in total. The average Bonchev–Trinajstić information content (AvgIpc) is 2.59. The van der Waals surface area contributed by atoms with Crippen LogP contribution in [0.4, 0.5) is 0 Å². The molecule has 0 aromatic heterocycles. The van der Waals surface area contributed by atoms with Crippen molar-refractivity contribution in [3.8, 4) is 0 Å². The van der Waals surface area contributed by atoms with Crippen molar-refractivity contribution >= 4 is 5.91 Å². The van der Waals surface area contributed by atoms with Gasteiger partial charge >= 0.3 is 0 Å². The highest BCUT2D eigenvalue weighted by molar-refractivity contribution is 5.73. The number of hydrazine groups is 1. The van der Waals surface area contributed by atoms with E-state index in [0.29, 0.717) is 0 Å². The lowest BCUT2D eigenvalue weighted by Gasteiger charge is -2.48. The summed E-state index contributed by atoms with van der Waals surface area (Å²) >= 11 is 0. The van der Waals surface area contributed by atoms with Gasteiger partial charge in [-0.25, -0.2) is 0 Å². The fraction of sp³-hybridized carbons (Fsp3) is 0.533. The molecule has 2 saturated heterocycles. The van der Waals surface area contributed by atoms with Gasteiger partial charge in [-0.05, 0) is 0 Å². The Morgan fingerprint density at radius 2 is 2.08 bits per heavy atom. The van der Waals surface area contributed by atoms with Gasteiger partial charge in [-0.2, -0.15) is 10.8 Å². The van der Waals surface area contributed by atoms with E-state index in [9.17, 15) is 9.90 Å². The Morgan fingerprint density at radius 3 is 2.75 bits per heavy atom. The van der Waals surface area contributed by atoms with Gasteiger partial charge in [-0.1, -0.05) is 30.3 Å². The Balaban J connectivity index is 1.77. The molecule has 0 bridgehead atoms. The average molecular weight is 336 g/mol. The number of aliphatic hydroxyl groups excluding tert-OH is 1. The lowest BCUT2D eigenvalue weighted by molar-refractivity contribution is -0.571. The summed E-state index contributed by atoms with van der Waals surface area (Å²) in [5.41, 5.74) is 12.1. The first kappa shape index (κ1) is 16.8. The Labute approximate surface area is 138 Å². The van der Waals surface area contributed by atoms with Crippen LogP contribution in [0.1, 0.15) is 18.8 Å². The molecule has 1 aromatic carbocycles. The number of rotatable bonds is 4. The first-order valence-corrected chi connectivity index (χ1v) is 7.67. The first-order chi connectivity index (χ1) is 11.6. The van der Waals surface area contributed by atoms with Gasteiger partial charge in [0.05, 0.1) is 12.6 Å². The number of fused-ring (bicyclic) bond motifs is 1. The molecule has 130 valence electrons. The molecule has 1 amide bonds. The number of amides is 1. The summed E-state index contributed by atoms with van der Waals surface area (Å²) in [5, 5.41) is 15.0. The second-order valence-electron chi connectivity index (χ2n) is 5.74. The molecule has 0 radical (unpaired) electrons. The monoisotopic (exact) mass is 336 g/mol. The van der Waals surface area contributed by atoms with Crippen LogP contribution >= 0.6 is 0 Å². The maximum absolute atomic E-state index is 11.4. The van der Waals surface area contributed by atoms with E-state index in [0.717, 1.165) is 5.56 Å². The summed E-state index contributed by atoms with van der Waals surface area (Å²) in [4.78, 5) is 11.4. The lowest BCUT2D eigenvalue weighted by atomic mass is 9.95. The molecule has 3 rings (SSSR count). The number of nitrogens with zero attached hydrogens (tertiary/aromatic N) is 1. The molecule has 0 aliphatic carbocycles.